The summed E-state index contributed by atoms with van der Waals surface area (Å²) in [5.74, 6) is 2.24. The maximum absolute atomic E-state index is 13.3. The number of hydrogen-bond donors (Lipinski definition) is 1. The molecule has 8 nitrogen and oxygen atoms in total. The van der Waals surface area contributed by atoms with Crippen LogP contribution in [0.3, 0.4) is 0 Å². The maximum atomic E-state index is 13.3. The molecule has 0 aliphatic carbocycles. The minimum atomic E-state index is -0.101. The summed E-state index contributed by atoms with van der Waals surface area (Å²) in [4.78, 5) is 24.5. The fourth-order valence-electron chi connectivity index (χ4n) is 4.11. The van der Waals surface area contributed by atoms with Crippen molar-refractivity contribution in [2.75, 3.05) is 25.9 Å². The standard InChI is InChI=1S/C24H30N6O2/c1-16(2)24-26-11-17(12-27-24)14-29-10-4-5-18(15-29)22(31)21-13-28-30(23(21)25)19-6-8-20(32-3)9-7-19/h6-9,11-13,16,18H,4-5,10,14-15,25H2,1-3H3/t18-/m1/s1. The van der Waals surface area contributed by atoms with Gasteiger partial charge in [0.25, 0.3) is 0 Å². The molecule has 3 aromatic rings. The Labute approximate surface area is 188 Å². The van der Waals surface area contributed by atoms with Crippen molar-refractivity contribution in [2.45, 2.75) is 39.2 Å². The number of rotatable bonds is 7. The molecule has 32 heavy (non-hydrogen) atoms. The summed E-state index contributed by atoms with van der Waals surface area (Å²) in [5.41, 5.74) is 8.67. The SMILES string of the molecule is COc1ccc(-n2ncc(C(=O)[C@@H]3CCCN(Cc4cnc(C(C)C)nc4)C3)c2N)cc1. The number of nitrogens with zero attached hydrogens (tertiary/aromatic N) is 5. The number of aromatic nitrogens is 4. The molecule has 1 saturated heterocycles. The summed E-state index contributed by atoms with van der Waals surface area (Å²) >= 11 is 0. The molecule has 168 valence electrons. The van der Waals surface area contributed by atoms with Crippen LogP contribution in [0.25, 0.3) is 5.69 Å². The first-order valence-electron chi connectivity index (χ1n) is 11.0. The van der Waals surface area contributed by atoms with Crippen LogP contribution in [-0.2, 0) is 6.54 Å². The summed E-state index contributed by atoms with van der Waals surface area (Å²) in [5, 5.41) is 4.37. The third-order valence-corrected chi connectivity index (χ3v) is 5.91. The fraction of sp³-hybridized carbons (Fsp3) is 0.417. The number of carbonyl (C=O) groups excluding carboxylic acids is 1. The molecule has 1 aliphatic heterocycles. The van der Waals surface area contributed by atoms with Gasteiger partial charge in [0.15, 0.2) is 5.78 Å². The number of ether oxygens (including phenoxy) is 1. The van der Waals surface area contributed by atoms with Crippen LogP contribution in [-0.4, -0.2) is 50.6 Å². The maximum Gasteiger partial charge on any atom is 0.172 e. The first-order valence-corrected chi connectivity index (χ1v) is 11.0. The van der Waals surface area contributed by atoms with Gasteiger partial charge >= 0.3 is 0 Å². The Morgan fingerprint density at radius 1 is 1.19 bits per heavy atom. The van der Waals surface area contributed by atoms with E-state index in [-0.39, 0.29) is 11.7 Å². The van der Waals surface area contributed by atoms with E-state index in [1.807, 2.05) is 36.7 Å². The van der Waals surface area contributed by atoms with Gasteiger partial charge in [0, 0.05) is 42.9 Å². The third-order valence-electron chi connectivity index (χ3n) is 5.91. The molecule has 0 spiro atoms. The first kappa shape index (κ1) is 22.0. The van der Waals surface area contributed by atoms with E-state index in [1.165, 1.54) is 0 Å². The van der Waals surface area contributed by atoms with Gasteiger partial charge in [-0.2, -0.15) is 5.10 Å². The number of nitrogens with two attached hydrogens (primary N) is 1. The first-order chi connectivity index (χ1) is 15.5. The molecule has 4 rings (SSSR count). The number of benzene rings is 1. The van der Waals surface area contributed by atoms with Crippen LogP contribution >= 0.6 is 0 Å². The van der Waals surface area contributed by atoms with Gasteiger partial charge in [0.2, 0.25) is 0 Å². The third kappa shape index (κ3) is 4.65. The average Bonchev–Trinajstić information content (AvgIpc) is 3.20. The molecular formula is C24H30N6O2. The number of methoxy groups -OCH3 is 1. The normalized spacial score (nSPS) is 16.9. The lowest BCUT2D eigenvalue weighted by atomic mass is 9.90. The van der Waals surface area contributed by atoms with Crippen molar-refractivity contribution in [1.29, 1.82) is 0 Å². The highest BCUT2D eigenvalue weighted by Crippen LogP contribution is 2.26. The van der Waals surface area contributed by atoms with E-state index in [0.29, 0.717) is 23.8 Å². The second-order valence-electron chi connectivity index (χ2n) is 8.60. The Kier molecular flexibility index (Phi) is 6.50. The zero-order valence-electron chi connectivity index (χ0n) is 18.9. The predicted molar refractivity (Wildman–Crippen MR) is 123 cm³/mol. The second kappa shape index (κ2) is 9.48. The number of piperidine rings is 1. The molecule has 0 amide bonds. The van der Waals surface area contributed by atoms with Crippen LogP contribution in [0.5, 0.6) is 5.75 Å². The monoisotopic (exact) mass is 434 g/mol. The van der Waals surface area contributed by atoms with Gasteiger partial charge in [-0.15, -0.1) is 0 Å². The summed E-state index contributed by atoms with van der Waals surface area (Å²) in [6.07, 6.45) is 7.19. The number of anilines is 1. The zero-order chi connectivity index (χ0) is 22.7. The molecule has 2 aromatic heterocycles. The fourth-order valence-corrected chi connectivity index (χ4v) is 4.11. The topological polar surface area (TPSA) is 99.2 Å². The molecule has 1 aromatic carbocycles. The minimum absolute atomic E-state index is 0.0540. The van der Waals surface area contributed by atoms with Crippen molar-refractivity contribution in [3.8, 4) is 11.4 Å². The number of likely N-dealkylation sites (tertiary alicyclic amines) is 1. The smallest absolute Gasteiger partial charge is 0.172 e. The summed E-state index contributed by atoms with van der Waals surface area (Å²) in [6.45, 7) is 6.55. The van der Waals surface area contributed by atoms with Gasteiger partial charge in [-0.05, 0) is 43.7 Å². The molecule has 1 aliphatic rings. The van der Waals surface area contributed by atoms with E-state index in [9.17, 15) is 4.79 Å². The highest BCUT2D eigenvalue weighted by atomic mass is 16.5. The van der Waals surface area contributed by atoms with Gasteiger partial charge in [-0.25, -0.2) is 14.6 Å². The lowest BCUT2D eigenvalue weighted by molar-refractivity contribution is 0.0812. The molecule has 0 saturated carbocycles. The van der Waals surface area contributed by atoms with Crippen LogP contribution in [0.2, 0.25) is 0 Å². The van der Waals surface area contributed by atoms with Crippen molar-refractivity contribution in [1.82, 2.24) is 24.6 Å². The molecule has 0 radical (unpaired) electrons. The van der Waals surface area contributed by atoms with Gasteiger partial charge < -0.3 is 10.5 Å². The Bertz CT molecular complexity index is 1060. The van der Waals surface area contributed by atoms with E-state index >= 15 is 0 Å². The molecule has 3 heterocycles. The predicted octanol–water partition coefficient (Wildman–Crippen LogP) is 3.47. The zero-order valence-corrected chi connectivity index (χ0v) is 18.9. The Morgan fingerprint density at radius 2 is 1.91 bits per heavy atom. The molecule has 2 N–H and O–H groups in total. The van der Waals surface area contributed by atoms with Crippen LogP contribution in [0.1, 0.15) is 54.4 Å². The molecule has 8 heteroatoms. The molecule has 1 fully saturated rings. The number of carbonyl (C=O) groups is 1. The Hall–Kier alpha value is -3.26. The van der Waals surface area contributed by atoms with E-state index in [0.717, 1.165) is 48.8 Å². The summed E-state index contributed by atoms with van der Waals surface area (Å²) < 4.78 is 6.80. The number of ketones is 1. The second-order valence-corrected chi connectivity index (χ2v) is 8.60. The highest BCUT2D eigenvalue weighted by Gasteiger charge is 2.29. The number of nitrogen functional groups attached to an aromatic ring is 1. The van der Waals surface area contributed by atoms with Gasteiger partial charge in [-0.3, -0.25) is 9.69 Å². The van der Waals surface area contributed by atoms with Crippen molar-refractivity contribution in [3.63, 3.8) is 0 Å². The van der Waals surface area contributed by atoms with Crippen molar-refractivity contribution in [2.24, 2.45) is 5.92 Å². The van der Waals surface area contributed by atoms with E-state index < -0.39 is 0 Å². The average molecular weight is 435 g/mol. The van der Waals surface area contributed by atoms with Crippen molar-refractivity contribution < 1.29 is 9.53 Å². The lowest BCUT2D eigenvalue weighted by Gasteiger charge is -2.31. The van der Waals surface area contributed by atoms with Gasteiger partial charge in [0.05, 0.1) is 24.6 Å². The van der Waals surface area contributed by atoms with Crippen LogP contribution in [0.4, 0.5) is 5.82 Å². The Balaban J connectivity index is 1.44. The van der Waals surface area contributed by atoms with Gasteiger partial charge in [0.1, 0.15) is 17.4 Å². The van der Waals surface area contributed by atoms with E-state index in [4.69, 9.17) is 10.5 Å². The van der Waals surface area contributed by atoms with Crippen molar-refractivity contribution >= 4 is 11.6 Å². The highest BCUT2D eigenvalue weighted by molar-refractivity contribution is 6.01. The molecule has 0 unspecified atom stereocenters. The number of Topliss-reactive ketones (excluding diaryl/α,β-unsaturated/α-hetero) is 1. The van der Waals surface area contributed by atoms with Crippen LogP contribution < -0.4 is 10.5 Å². The number of hydrogen-bond acceptors (Lipinski definition) is 7. The molecule has 0 bridgehead atoms. The summed E-state index contributed by atoms with van der Waals surface area (Å²) in [7, 11) is 1.62. The molecular weight excluding hydrogens is 404 g/mol. The lowest BCUT2D eigenvalue weighted by Crippen LogP contribution is -2.38. The van der Waals surface area contributed by atoms with Crippen molar-refractivity contribution in [3.05, 3.63) is 59.8 Å². The summed E-state index contributed by atoms with van der Waals surface area (Å²) in [6, 6.07) is 7.42. The van der Waals surface area contributed by atoms with E-state index in [1.54, 1.807) is 18.0 Å². The minimum Gasteiger partial charge on any atom is -0.497 e. The van der Waals surface area contributed by atoms with Crippen LogP contribution in [0.15, 0.2) is 42.9 Å². The Morgan fingerprint density at radius 3 is 2.56 bits per heavy atom. The molecule has 1 atom stereocenters. The quantitative estimate of drug-likeness (QED) is 0.568. The van der Waals surface area contributed by atoms with E-state index in [2.05, 4.69) is 33.8 Å². The van der Waals surface area contributed by atoms with Crippen LogP contribution in [0, 0.1) is 5.92 Å². The van der Waals surface area contributed by atoms with Gasteiger partial charge in [-0.1, -0.05) is 13.8 Å². The largest absolute Gasteiger partial charge is 0.497 e.